The molecule has 0 bridgehead atoms. The Morgan fingerprint density at radius 2 is 2.15 bits per heavy atom. The van der Waals surface area contributed by atoms with Gasteiger partial charge in [0.15, 0.2) is 6.29 Å². The highest BCUT2D eigenvalue weighted by Crippen LogP contribution is 2.14. The Hall–Kier alpha value is -0.420. The summed E-state index contributed by atoms with van der Waals surface area (Å²) in [6.07, 6.45) is 1.52. The monoisotopic (exact) mass is 188 g/mol. The van der Waals surface area contributed by atoms with Gasteiger partial charge in [-0.05, 0) is 19.9 Å². The number of aliphatic hydroxyl groups is 2. The van der Waals surface area contributed by atoms with Crippen LogP contribution in [0.15, 0.2) is 12.2 Å². The van der Waals surface area contributed by atoms with Crippen LogP contribution in [0.25, 0.3) is 0 Å². The molecule has 0 aromatic carbocycles. The second kappa shape index (κ2) is 4.72. The standard InChI is InChI=1S/C9H16O4/c1-6(2)12-9-4-3-7(11)8(5-10)13-9/h3-4,6-11H,5H2,1-2H3. The molecule has 0 radical (unpaired) electrons. The van der Waals surface area contributed by atoms with Crippen LogP contribution in [-0.4, -0.2) is 41.4 Å². The molecule has 0 saturated heterocycles. The summed E-state index contributed by atoms with van der Waals surface area (Å²) in [6.45, 7) is 3.59. The zero-order chi connectivity index (χ0) is 9.84. The Morgan fingerprint density at radius 3 is 2.69 bits per heavy atom. The molecule has 76 valence electrons. The molecule has 4 heteroatoms. The van der Waals surface area contributed by atoms with Crippen LogP contribution in [0.5, 0.6) is 0 Å². The van der Waals surface area contributed by atoms with Crippen LogP contribution < -0.4 is 0 Å². The van der Waals surface area contributed by atoms with Crippen LogP contribution in [0, 0.1) is 0 Å². The Balaban J connectivity index is 2.48. The van der Waals surface area contributed by atoms with Crippen molar-refractivity contribution in [2.75, 3.05) is 6.61 Å². The lowest BCUT2D eigenvalue weighted by atomic mass is 10.1. The molecule has 0 aromatic heterocycles. The summed E-state index contributed by atoms with van der Waals surface area (Å²) in [6, 6.07) is 0. The maximum Gasteiger partial charge on any atom is 0.177 e. The van der Waals surface area contributed by atoms with Gasteiger partial charge in [-0.15, -0.1) is 0 Å². The van der Waals surface area contributed by atoms with Gasteiger partial charge in [0.1, 0.15) is 12.2 Å². The van der Waals surface area contributed by atoms with Gasteiger partial charge >= 0.3 is 0 Å². The first-order valence-corrected chi connectivity index (χ1v) is 4.41. The molecule has 0 saturated carbocycles. The van der Waals surface area contributed by atoms with Gasteiger partial charge in [0, 0.05) is 0 Å². The highest BCUT2D eigenvalue weighted by atomic mass is 16.7. The Morgan fingerprint density at radius 1 is 1.46 bits per heavy atom. The van der Waals surface area contributed by atoms with Crippen LogP contribution >= 0.6 is 0 Å². The molecule has 3 unspecified atom stereocenters. The van der Waals surface area contributed by atoms with Crippen LogP contribution in [-0.2, 0) is 9.47 Å². The van der Waals surface area contributed by atoms with E-state index >= 15 is 0 Å². The molecule has 1 aliphatic rings. The number of rotatable bonds is 3. The Kier molecular flexibility index (Phi) is 3.87. The van der Waals surface area contributed by atoms with E-state index < -0.39 is 18.5 Å². The maximum atomic E-state index is 9.29. The van der Waals surface area contributed by atoms with Gasteiger partial charge in [0.25, 0.3) is 0 Å². The first-order chi connectivity index (χ1) is 6.13. The highest BCUT2D eigenvalue weighted by Gasteiger charge is 2.25. The van der Waals surface area contributed by atoms with Crippen LogP contribution in [0.1, 0.15) is 13.8 Å². The van der Waals surface area contributed by atoms with Crippen molar-refractivity contribution in [2.24, 2.45) is 0 Å². The zero-order valence-corrected chi connectivity index (χ0v) is 7.88. The minimum Gasteiger partial charge on any atom is -0.394 e. The van der Waals surface area contributed by atoms with Crippen molar-refractivity contribution in [3.05, 3.63) is 12.2 Å². The van der Waals surface area contributed by atoms with Gasteiger partial charge in [-0.3, -0.25) is 0 Å². The van der Waals surface area contributed by atoms with E-state index in [9.17, 15) is 5.11 Å². The molecule has 0 spiro atoms. The predicted octanol–water partition coefficient (Wildman–Crippen LogP) is 0.0457. The molecule has 0 aliphatic carbocycles. The van der Waals surface area contributed by atoms with Gasteiger partial charge in [0.2, 0.25) is 0 Å². The summed E-state index contributed by atoms with van der Waals surface area (Å²) in [4.78, 5) is 0. The Bertz CT molecular complexity index is 178. The molecule has 1 aliphatic heterocycles. The number of aliphatic hydroxyl groups excluding tert-OH is 2. The fourth-order valence-corrected chi connectivity index (χ4v) is 1.12. The van der Waals surface area contributed by atoms with E-state index in [1.54, 1.807) is 12.2 Å². The molecular formula is C9H16O4. The minimum absolute atomic E-state index is 0.0595. The third-order valence-electron chi connectivity index (χ3n) is 1.74. The van der Waals surface area contributed by atoms with Crippen molar-refractivity contribution >= 4 is 0 Å². The third-order valence-corrected chi connectivity index (χ3v) is 1.74. The zero-order valence-electron chi connectivity index (χ0n) is 7.88. The van der Waals surface area contributed by atoms with E-state index in [2.05, 4.69) is 0 Å². The van der Waals surface area contributed by atoms with Crippen molar-refractivity contribution in [3.8, 4) is 0 Å². The van der Waals surface area contributed by atoms with Crippen LogP contribution in [0.3, 0.4) is 0 Å². The first kappa shape index (κ1) is 10.7. The minimum atomic E-state index is -0.739. The summed E-state index contributed by atoms with van der Waals surface area (Å²) in [7, 11) is 0. The summed E-state index contributed by atoms with van der Waals surface area (Å²) in [5.74, 6) is 0. The van der Waals surface area contributed by atoms with E-state index in [1.165, 1.54) is 0 Å². The predicted molar refractivity (Wildman–Crippen MR) is 47.1 cm³/mol. The summed E-state index contributed by atoms with van der Waals surface area (Å²) in [5, 5.41) is 18.1. The lowest BCUT2D eigenvalue weighted by molar-refractivity contribution is -0.193. The average Bonchev–Trinajstić information content (AvgIpc) is 2.07. The van der Waals surface area contributed by atoms with Gasteiger partial charge in [0.05, 0.1) is 12.7 Å². The van der Waals surface area contributed by atoms with Crippen LogP contribution in [0.2, 0.25) is 0 Å². The van der Waals surface area contributed by atoms with E-state index in [-0.39, 0.29) is 12.7 Å². The maximum absolute atomic E-state index is 9.29. The molecular weight excluding hydrogens is 172 g/mol. The fraction of sp³-hybridized carbons (Fsp3) is 0.778. The van der Waals surface area contributed by atoms with Crippen molar-refractivity contribution in [2.45, 2.75) is 38.4 Å². The smallest absolute Gasteiger partial charge is 0.177 e. The summed E-state index contributed by atoms with van der Waals surface area (Å²) >= 11 is 0. The quantitative estimate of drug-likeness (QED) is 0.614. The largest absolute Gasteiger partial charge is 0.394 e. The molecule has 1 heterocycles. The van der Waals surface area contributed by atoms with E-state index in [0.29, 0.717) is 0 Å². The SMILES string of the molecule is CC(C)OC1C=CC(O)C(CO)O1. The topological polar surface area (TPSA) is 58.9 Å². The number of hydrogen-bond donors (Lipinski definition) is 2. The van der Waals surface area contributed by atoms with Gasteiger partial charge < -0.3 is 19.7 Å². The molecule has 1 rings (SSSR count). The van der Waals surface area contributed by atoms with Gasteiger partial charge in [-0.25, -0.2) is 0 Å². The van der Waals surface area contributed by atoms with Crippen LogP contribution in [0.4, 0.5) is 0 Å². The fourth-order valence-electron chi connectivity index (χ4n) is 1.12. The van der Waals surface area contributed by atoms with E-state index in [4.69, 9.17) is 14.6 Å². The van der Waals surface area contributed by atoms with Crippen molar-refractivity contribution in [1.82, 2.24) is 0 Å². The molecule has 0 amide bonds. The van der Waals surface area contributed by atoms with Gasteiger partial charge in [-0.1, -0.05) is 6.08 Å². The van der Waals surface area contributed by atoms with Crippen molar-refractivity contribution in [3.63, 3.8) is 0 Å². The second-order valence-corrected chi connectivity index (χ2v) is 3.29. The van der Waals surface area contributed by atoms with E-state index in [0.717, 1.165) is 0 Å². The van der Waals surface area contributed by atoms with Crippen molar-refractivity contribution in [1.29, 1.82) is 0 Å². The molecule has 0 aromatic rings. The third kappa shape index (κ3) is 3.08. The van der Waals surface area contributed by atoms with Gasteiger partial charge in [-0.2, -0.15) is 0 Å². The molecule has 3 atom stereocenters. The molecule has 0 fully saturated rings. The lowest BCUT2D eigenvalue weighted by Crippen LogP contribution is -2.39. The average molecular weight is 188 g/mol. The highest BCUT2D eigenvalue weighted by molar-refractivity contribution is 4.99. The summed E-state index contributed by atoms with van der Waals surface area (Å²) < 4.78 is 10.6. The molecule has 2 N–H and O–H groups in total. The Labute approximate surface area is 77.8 Å². The number of ether oxygens (including phenoxy) is 2. The lowest BCUT2D eigenvalue weighted by Gasteiger charge is -2.29. The van der Waals surface area contributed by atoms with E-state index in [1.807, 2.05) is 13.8 Å². The second-order valence-electron chi connectivity index (χ2n) is 3.29. The molecule has 13 heavy (non-hydrogen) atoms. The normalized spacial score (nSPS) is 34.1. The number of hydrogen-bond acceptors (Lipinski definition) is 4. The summed E-state index contributed by atoms with van der Waals surface area (Å²) in [5.41, 5.74) is 0. The molecule has 4 nitrogen and oxygen atoms in total. The van der Waals surface area contributed by atoms with Crippen molar-refractivity contribution < 1.29 is 19.7 Å². The first-order valence-electron chi connectivity index (χ1n) is 4.41.